The quantitative estimate of drug-likeness (QED) is 0.576. The van der Waals surface area contributed by atoms with E-state index >= 15 is 0 Å². The van der Waals surface area contributed by atoms with Crippen LogP contribution in [0.1, 0.15) is 10.4 Å². The molecule has 0 unspecified atom stereocenters. The lowest BCUT2D eigenvalue weighted by molar-refractivity contribution is -0.385. The van der Waals surface area contributed by atoms with Crippen LogP contribution in [0.4, 0.5) is 11.5 Å². The number of rotatable bonds is 4. The van der Waals surface area contributed by atoms with E-state index in [0.29, 0.717) is 5.82 Å². The Kier molecular flexibility index (Phi) is 3.94. The fraction of sp³-hybridized carbons (Fsp3) is 0.333. The Bertz CT molecular complexity index is 446. The highest BCUT2D eigenvalue weighted by molar-refractivity contribution is 5.98. The van der Waals surface area contributed by atoms with Crippen LogP contribution in [-0.4, -0.2) is 42.0 Å². The third-order valence-electron chi connectivity index (χ3n) is 1.91. The first-order valence-electron chi connectivity index (χ1n) is 4.76. The summed E-state index contributed by atoms with van der Waals surface area (Å²) in [5.74, 6) is -0.167. The number of pyridine rings is 1. The monoisotopic (exact) mass is 239 g/mol. The SMILES string of the molecule is CNc1cc(C(=O)NN(C)C)c([N+](=O)[O-])cn1. The first-order valence-corrected chi connectivity index (χ1v) is 4.76. The maximum absolute atomic E-state index is 11.7. The Morgan fingerprint density at radius 2 is 2.18 bits per heavy atom. The minimum atomic E-state index is -0.642. The lowest BCUT2D eigenvalue weighted by Gasteiger charge is -2.12. The summed E-state index contributed by atoms with van der Waals surface area (Å²) in [4.78, 5) is 25.7. The molecule has 0 saturated carbocycles. The Hall–Kier alpha value is -2.22. The predicted octanol–water partition coefficient (Wildman–Crippen LogP) is 0.238. The average Bonchev–Trinajstić information content (AvgIpc) is 2.27. The zero-order chi connectivity index (χ0) is 13.0. The molecule has 0 fully saturated rings. The number of hydrogen-bond donors (Lipinski definition) is 2. The van der Waals surface area contributed by atoms with Crippen LogP contribution in [0.5, 0.6) is 0 Å². The summed E-state index contributed by atoms with van der Waals surface area (Å²) < 4.78 is 0. The van der Waals surface area contributed by atoms with Gasteiger partial charge in [0.25, 0.3) is 11.6 Å². The van der Waals surface area contributed by atoms with Gasteiger partial charge < -0.3 is 5.32 Å². The van der Waals surface area contributed by atoms with E-state index in [0.717, 1.165) is 6.20 Å². The highest BCUT2D eigenvalue weighted by Crippen LogP contribution is 2.19. The van der Waals surface area contributed by atoms with Crippen LogP contribution in [-0.2, 0) is 0 Å². The molecule has 0 atom stereocenters. The fourth-order valence-corrected chi connectivity index (χ4v) is 1.18. The number of nitro groups is 1. The smallest absolute Gasteiger partial charge is 0.300 e. The molecule has 0 saturated heterocycles. The van der Waals surface area contributed by atoms with E-state index in [2.05, 4.69) is 15.7 Å². The summed E-state index contributed by atoms with van der Waals surface area (Å²) in [5, 5.41) is 14.9. The second-order valence-corrected chi connectivity index (χ2v) is 3.43. The van der Waals surface area contributed by atoms with Gasteiger partial charge in [0.15, 0.2) is 0 Å². The molecule has 92 valence electrons. The number of amides is 1. The molecule has 0 aliphatic carbocycles. The van der Waals surface area contributed by atoms with E-state index in [-0.39, 0.29) is 11.3 Å². The van der Waals surface area contributed by atoms with Crippen LogP contribution >= 0.6 is 0 Å². The van der Waals surface area contributed by atoms with E-state index in [1.807, 2.05) is 0 Å². The van der Waals surface area contributed by atoms with Gasteiger partial charge >= 0.3 is 0 Å². The lowest BCUT2D eigenvalue weighted by Crippen LogP contribution is -2.36. The molecule has 0 bridgehead atoms. The number of carbonyl (C=O) groups is 1. The zero-order valence-corrected chi connectivity index (χ0v) is 9.72. The van der Waals surface area contributed by atoms with Gasteiger partial charge in [0.05, 0.1) is 4.92 Å². The third kappa shape index (κ3) is 3.11. The maximum atomic E-state index is 11.7. The van der Waals surface area contributed by atoms with Gasteiger partial charge in [-0.15, -0.1) is 0 Å². The average molecular weight is 239 g/mol. The third-order valence-corrected chi connectivity index (χ3v) is 1.91. The van der Waals surface area contributed by atoms with Crippen molar-refractivity contribution in [1.29, 1.82) is 0 Å². The second kappa shape index (κ2) is 5.21. The summed E-state index contributed by atoms with van der Waals surface area (Å²) in [6, 6.07) is 1.33. The molecule has 1 aromatic rings. The van der Waals surface area contributed by atoms with Gasteiger partial charge in [-0.25, -0.2) is 9.99 Å². The van der Waals surface area contributed by atoms with Crippen LogP contribution in [0, 0.1) is 10.1 Å². The molecule has 17 heavy (non-hydrogen) atoms. The Morgan fingerprint density at radius 3 is 2.65 bits per heavy atom. The van der Waals surface area contributed by atoms with Crippen LogP contribution in [0.15, 0.2) is 12.3 Å². The van der Waals surface area contributed by atoms with Crippen LogP contribution in [0.25, 0.3) is 0 Å². The molecule has 1 amide bonds. The van der Waals surface area contributed by atoms with Crippen LogP contribution < -0.4 is 10.7 Å². The van der Waals surface area contributed by atoms with Gasteiger partial charge in [0.2, 0.25) is 0 Å². The molecule has 0 aliphatic heterocycles. The molecule has 0 spiro atoms. The summed E-state index contributed by atoms with van der Waals surface area (Å²) in [6.45, 7) is 0. The van der Waals surface area contributed by atoms with Gasteiger partial charge in [0, 0.05) is 27.2 Å². The van der Waals surface area contributed by atoms with Crippen molar-refractivity contribution < 1.29 is 9.72 Å². The van der Waals surface area contributed by atoms with Crippen molar-refractivity contribution in [1.82, 2.24) is 15.4 Å². The fourth-order valence-electron chi connectivity index (χ4n) is 1.18. The highest BCUT2D eigenvalue weighted by atomic mass is 16.6. The van der Waals surface area contributed by atoms with Crippen molar-refractivity contribution >= 4 is 17.4 Å². The second-order valence-electron chi connectivity index (χ2n) is 3.43. The zero-order valence-electron chi connectivity index (χ0n) is 9.72. The molecule has 1 heterocycles. The number of anilines is 1. The Morgan fingerprint density at radius 1 is 1.53 bits per heavy atom. The molecule has 8 nitrogen and oxygen atoms in total. The van der Waals surface area contributed by atoms with E-state index in [1.54, 1.807) is 21.1 Å². The predicted molar refractivity (Wildman–Crippen MR) is 61.6 cm³/mol. The summed E-state index contributed by atoms with van der Waals surface area (Å²) >= 11 is 0. The van der Waals surface area contributed by atoms with Crippen molar-refractivity contribution in [3.63, 3.8) is 0 Å². The molecular weight excluding hydrogens is 226 g/mol. The van der Waals surface area contributed by atoms with Gasteiger partial charge in [-0.1, -0.05) is 0 Å². The van der Waals surface area contributed by atoms with E-state index < -0.39 is 10.8 Å². The molecule has 0 radical (unpaired) electrons. The lowest BCUT2D eigenvalue weighted by atomic mass is 10.2. The number of aromatic nitrogens is 1. The molecule has 0 aliphatic rings. The number of hydrogen-bond acceptors (Lipinski definition) is 6. The molecule has 0 aromatic carbocycles. The highest BCUT2D eigenvalue weighted by Gasteiger charge is 2.21. The Balaban J connectivity index is 3.17. The topological polar surface area (TPSA) is 100 Å². The van der Waals surface area contributed by atoms with Crippen molar-refractivity contribution in [2.24, 2.45) is 0 Å². The number of nitrogens with zero attached hydrogens (tertiary/aromatic N) is 3. The largest absolute Gasteiger partial charge is 0.373 e. The van der Waals surface area contributed by atoms with Gasteiger partial charge in [0.1, 0.15) is 17.6 Å². The summed E-state index contributed by atoms with van der Waals surface area (Å²) in [6.07, 6.45) is 1.05. The first-order chi connectivity index (χ1) is 7.95. The molecule has 1 rings (SSSR count). The molecule has 2 N–H and O–H groups in total. The van der Waals surface area contributed by atoms with Crippen LogP contribution in [0.2, 0.25) is 0 Å². The van der Waals surface area contributed by atoms with Crippen LogP contribution in [0.3, 0.4) is 0 Å². The van der Waals surface area contributed by atoms with Crippen molar-refractivity contribution in [3.05, 3.63) is 27.9 Å². The first kappa shape index (κ1) is 12.8. The summed E-state index contributed by atoms with van der Waals surface area (Å²) in [5.41, 5.74) is 2.07. The minimum Gasteiger partial charge on any atom is -0.373 e. The van der Waals surface area contributed by atoms with Gasteiger partial charge in [-0.2, -0.15) is 0 Å². The van der Waals surface area contributed by atoms with Crippen molar-refractivity contribution in [2.45, 2.75) is 0 Å². The van der Waals surface area contributed by atoms with E-state index in [9.17, 15) is 14.9 Å². The molecular formula is C9H13N5O3. The van der Waals surface area contributed by atoms with Gasteiger partial charge in [-0.3, -0.25) is 20.3 Å². The standard InChI is InChI=1S/C9H13N5O3/c1-10-8-4-6(9(15)12-13(2)3)7(5-11-8)14(16)17/h4-5H,1-3H3,(H,10,11)(H,12,15). The minimum absolute atomic E-state index is 0.0388. The molecule has 8 heteroatoms. The molecule has 1 aromatic heterocycles. The van der Waals surface area contributed by atoms with E-state index in [4.69, 9.17) is 0 Å². The summed E-state index contributed by atoms with van der Waals surface area (Å²) in [7, 11) is 4.84. The number of nitrogens with one attached hydrogen (secondary N) is 2. The van der Waals surface area contributed by atoms with Gasteiger partial charge in [-0.05, 0) is 0 Å². The number of hydrazine groups is 1. The number of carbonyl (C=O) groups excluding carboxylic acids is 1. The normalized spacial score (nSPS) is 10.1. The van der Waals surface area contributed by atoms with E-state index in [1.165, 1.54) is 11.1 Å². The van der Waals surface area contributed by atoms with Crippen molar-refractivity contribution in [3.8, 4) is 0 Å². The maximum Gasteiger partial charge on any atom is 0.300 e. The van der Waals surface area contributed by atoms with Crippen molar-refractivity contribution in [2.75, 3.05) is 26.5 Å². The Labute approximate surface area is 97.8 Å².